The molecule has 4 fully saturated rings. The van der Waals surface area contributed by atoms with Crippen molar-refractivity contribution < 1.29 is 22.3 Å². The summed E-state index contributed by atoms with van der Waals surface area (Å²) in [7, 11) is 0. The highest BCUT2D eigenvalue weighted by atomic mass is 19.1. The second-order valence-corrected chi connectivity index (χ2v) is 21.7. The fraction of sp³-hybridized carbons (Fsp3) is 0.793. The predicted octanol–water partition coefficient (Wildman–Crippen LogP) is 19.3. The van der Waals surface area contributed by atoms with Gasteiger partial charge in [0.25, 0.3) is 0 Å². The summed E-state index contributed by atoms with van der Waals surface area (Å²) in [4.78, 5) is 0. The largest absolute Gasteiger partial charge is 0.365 e. The zero-order chi connectivity index (χ0) is 44.2. The van der Waals surface area contributed by atoms with Crippen LogP contribution < -0.4 is 0 Å². The molecule has 1 nitrogen and oxygen atoms in total. The van der Waals surface area contributed by atoms with Gasteiger partial charge in [-0.25, -0.2) is 17.6 Å². The van der Waals surface area contributed by atoms with E-state index in [1.54, 1.807) is 12.1 Å². The van der Waals surface area contributed by atoms with Crippen LogP contribution >= 0.6 is 0 Å². The maximum absolute atomic E-state index is 15.9. The molecule has 63 heavy (non-hydrogen) atoms. The molecule has 2 aromatic rings. The minimum atomic E-state index is -0.613. The Morgan fingerprint density at radius 1 is 0.397 bits per heavy atom. The Hall–Kier alpha value is -1.88. The standard InChI is InChI=1S/C58H90F4O/c1-3-5-7-9-11-13-15-17-19-43-21-25-45(26-22-43)47-29-33-49(34-30-47)57(53-39-37-51(59)41-55(53)61)63-58(54-40-38-52(60)42-56(54)62)50-35-31-48(32-36-50)46-27-23-44(24-28-46)20-18-16-14-12-10-8-6-4-2/h37-50,57-58H,3-36H2,1-2H3. The van der Waals surface area contributed by atoms with Gasteiger partial charge in [-0.2, -0.15) is 0 Å². The monoisotopic (exact) mass is 879 g/mol. The maximum Gasteiger partial charge on any atom is 0.131 e. The third kappa shape index (κ3) is 16.2. The molecular formula is C58H90F4O. The number of rotatable bonds is 26. The van der Waals surface area contributed by atoms with E-state index in [0.717, 1.165) is 87.2 Å². The Kier molecular flexibility index (Phi) is 22.2. The first-order chi connectivity index (χ1) is 30.8. The Bertz CT molecular complexity index is 1410. The molecule has 4 saturated carbocycles. The number of halogens is 4. The van der Waals surface area contributed by atoms with Gasteiger partial charge in [-0.3, -0.25) is 0 Å². The van der Waals surface area contributed by atoms with Crippen molar-refractivity contribution in [3.8, 4) is 0 Å². The summed E-state index contributed by atoms with van der Waals surface area (Å²) in [5.41, 5.74) is 0.762. The summed E-state index contributed by atoms with van der Waals surface area (Å²) in [6.45, 7) is 4.57. The van der Waals surface area contributed by atoms with Crippen molar-refractivity contribution in [3.63, 3.8) is 0 Å². The van der Waals surface area contributed by atoms with Crippen molar-refractivity contribution in [2.24, 2.45) is 47.3 Å². The second kappa shape index (κ2) is 27.7. The smallest absolute Gasteiger partial charge is 0.131 e. The van der Waals surface area contributed by atoms with E-state index in [-0.39, 0.29) is 11.8 Å². The van der Waals surface area contributed by atoms with E-state index in [1.807, 2.05) is 0 Å². The second-order valence-electron chi connectivity index (χ2n) is 21.7. The van der Waals surface area contributed by atoms with Gasteiger partial charge in [0.1, 0.15) is 23.3 Å². The van der Waals surface area contributed by atoms with Gasteiger partial charge in [-0.1, -0.05) is 167 Å². The van der Waals surface area contributed by atoms with Crippen LogP contribution in [0.5, 0.6) is 0 Å². The Morgan fingerprint density at radius 2 is 0.698 bits per heavy atom. The first-order valence-electron chi connectivity index (χ1n) is 27.4. The minimum absolute atomic E-state index is 0.0582. The summed E-state index contributed by atoms with van der Waals surface area (Å²) in [6, 6.07) is 7.77. The van der Waals surface area contributed by atoms with E-state index in [9.17, 15) is 8.78 Å². The van der Waals surface area contributed by atoms with Crippen molar-refractivity contribution in [2.45, 2.75) is 244 Å². The third-order valence-corrected chi connectivity index (χ3v) is 17.4. The average Bonchev–Trinajstić information content (AvgIpc) is 3.30. The Balaban J connectivity index is 1.02. The highest BCUT2D eigenvalue weighted by molar-refractivity contribution is 5.25. The zero-order valence-electron chi connectivity index (χ0n) is 40.2. The van der Waals surface area contributed by atoms with E-state index >= 15 is 8.78 Å². The fourth-order valence-electron chi connectivity index (χ4n) is 13.4. The van der Waals surface area contributed by atoms with Crippen molar-refractivity contribution in [1.29, 1.82) is 0 Å². The lowest BCUT2D eigenvalue weighted by Gasteiger charge is -2.43. The van der Waals surface area contributed by atoms with E-state index in [2.05, 4.69) is 13.8 Å². The normalized spacial score (nSPS) is 27.9. The molecule has 0 saturated heterocycles. The van der Waals surface area contributed by atoms with Gasteiger partial charge in [0.2, 0.25) is 0 Å². The molecule has 0 amide bonds. The molecule has 2 unspecified atom stereocenters. The minimum Gasteiger partial charge on any atom is -0.365 e. The number of ether oxygens (including phenoxy) is 1. The predicted molar refractivity (Wildman–Crippen MR) is 256 cm³/mol. The van der Waals surface area contributed by atoms with Gasteiger partial charge in [0.15, 0.2) is 0 Å². The summed E-state index contributed by atoms with van der Waals surface area (Å²) in [6.07, 6.45) is 42.6. The van der Waals surface area contributed by atoms with Gasteiger partial charge >= 0.3 is 0 Å². The summed E-state index contributed by atoms with van der Waals surface area (Å²) in [5.74, 6) is 2.43. The van der Waals surface area contributed by atoms with Crippen LogP contribution in [0.1, 0.15) is 255 Å². The molecule has 0 aromatic heterocycles. The lowest BCUT2D eigenvalue weighted by Crippen LogP contribution is -2.32. The van der Waals surface area contributed by atoms with E-state index in [0.29, 0.717) is 23.0 Å². The molecule has 2 aromatic carbocycles. The molecule has 0 N–H and O–H groups in total. The Labute approximate surface area is 383 Å². The van der Waals surface area contributed by atoms with Crippen LogP contribution in [0.2, 0.25) is 0 Å². The van der Waals surface area contributed by atoms with Gasteiger partial charge in [0.05, 0.1) is 12.2 Å². The van der Waals surface area contributed by atoms with Crippen molar-refractivity contribution in [1.82, 2.24) is 0 Å². The molecule has 4 aliphatic rings. The lowest BCUT2D eigenvalue weighted by molar-refractivity contribution is -0.0959. The number of benzene rings is 2. The highest BCUT2D eigenvalue weighted by Crippen LogP contribution is 2.51. The maximum atomic E-state index is 15.9. The number of hydrogen-bond donors (Lipinski definition) is 0. The summed E-state index contributed by atoms with van der Waals surface area (Å²) < 4.78 is 67.7. The third-order valence-electron chi connectivity index (χ3n) is 17.4. The van der Waals surface area contributed by atoms with E-state index < -0.39 is 35.5 Å². The van der Waals surface area contributed by atoms with Gasteiger partial charge in [0, 0.05) is 23.3 Å². The molecule has 356 valence electrons. The van der Waals surface area contributed by atoms with Crippen LogP contribution in [0, 0.1) is 70.6 Å². The molecule has 2 atom stereocenters. The number of hydrogen-bond acceptors (Lipinski definition) is 1. The van der Waals surface area contributed by atoms with Crippen LogP contribution in [0.25, 0.3) is 0 Å². The van der Waals surface area contributed by atoms with Crippen LogP contribution in [0.15, 0.2) is 36.4 Å². The molecule has 0 aliphatic heterocycles. The van der Waals surface area contributed by atoms with Crippen LogP contribution in [0.3, 0.4) is 0 Å². The van der Waals surface area contributed by atoms with Gasteiger partial charge in [-0.15, -0.1) is 0 Å². The van der Waals surface area contributed by atoms with Crippen molar-refractivity contribution in [3.05, 3.63) is 70.8 Å². The first kappa shape index (κ1) is 50.5. The molecule has 4 aliphatic carbocycles. The zero-order valence-corrected chi connectivity index (χ0v) is 40.2. The summed E-state index contributed by atoms with van der Waals surface area (Å²) >= 11 is 0. The van der Waals surface area contributed by atoms with Gasteiger partial charge in [-0.05, 0) is 137 Å². The molecule has 0 spiro atoms. The van der Waals surface area contributed by atoms with E-state index in [4.69, 9.17) is 4.74 Å². The van der Waals surface area contributed by atoms with Crippen molar-refractivity contribution in [2.75, 3.05) is 0 Å². The van der Waals surface area contributed by atoms with E-state index in [1.165, 1.54) is 179 Å². The fourth-order valence-corrected chi connectivity index (χ4v) is 13.4. The molecule has 6 rings (SSSR count). The van der Waals surface area contributed by atoms with Gasteiger partial charge < -0.3 is 4.74 Å². The SMILES string of the molecule is CCCCCCCCCCC1CCC(C2CCC(C(OC(c3ccc(F)cc3F)C3CCC(C4CCC(CCCCCCCCCC)CC4)CC3)c3ccc(F)cc3F)CC2)CC1. The van der Waals surface area contributed by atoms with Crippen molar-refractivity contribution >= 4 is 0 Å². The van der Waals surface area contributed by atoms with Crippen LogP contribution in [0.4, 0.5) is 17.6 Å². The van der Waals surface area contributed by atoms with Crippen LogP contribution in [-0.2, 0) is 4.74 Å². The summed E-state index contributed by atoms with van der Waals surface area (Å²) in [5, 5.41) is 0. The molecule has 0 bridgehead atoms. The Morgan fingerprint density at radius 3 is 1.02 bits per heavy atom. The molecule has 5 heteroatoms. The lowest BCUT2D eigenvalue weighted by atomic mass is 9.67. The quantitative estimate of drug-likeness (QED) is 0.0676. The average molecular weight is 879 g/mol. The van der Waals surface area contributed by atoms with Crippen LogP contribution in [-0.4, -0.2) is 0 Å². The molecular weight excluding hydrogens is 789 g/mol. The topological polar surface area (TPSA) is 9.23 Å². The highest BCUT2D eigenvalue weighted by Gasteiger charge is 2.40. The molecule has 0 heterocycles. The number of unbranched alkanes of at least 4 members (excludes halogenated alkanes) is 14. The molecule has 0 radical (unpaired) electrons. The first-order valence-corrected chi connectivity index (χ1v) is 27.4.